The summed E-state index contributed by atoms with van der Waals surface area (Å²) in [6.45, 7) is 8.73. The number of piperazine rings is 1. The molecule has 1 saturated heterocycles. The van der Waals surface area contributed by atoms with Crippen molar-refractivity contribution in [2.45, 2.75) is 39.5 Å². The zero-order valence-electron chi connectivity index (χ0n) is 16.3. The largest absolute Gasteiger partial charge is 0.340 e. The van der Waals surface area contributed by atoms with Gasteiger partial charge < -0.3 is 15.1 Å². The summed E-state index contributed by atoms with van der Waals surface area (Å²) in [6.07, 6.45) is 3.16. The molecule has 3 rings (SSSR count). The van der Waals surface area contributed by atoms with Crippen LogP contribution in [0.4, 0.5) is 5.69 Å². The molecule has 5 nitrogen and oxygen atoms in total. The van der Waals surface area contributed by atoms with E-state index in [1.54, 1.807) is 0 Å². The highest BCUT2D eigenvalue weighted by Crippen LogP contribution is 2.32. The molecular weight excluding hydrogens is 362 g/mol. The number of amides is 2. The lowest BCUT2D eigenvalue weighted by Crippen LogP contribution is -2.50. The number of carbonyl (C=O) groups excluding carboxylic acids is 2. The van der Waals surface area contributed by atoms with Crippen molar-refractivity contribution in [3.8, 4) is 0 Å². The highest BCUT2D eigenvalue weighted by molar-refractivity contribution is 6.31. The topological polar surface area (TPSA) is 52.7 Å². The van der Waals surface area contributed by atoms with Gasteiger partial charge in [0.15, 0.2) is 0 Å². The molecular formula is C21H30ClN3O2. The second kappa shape index (κ2) is 9.07. The van der Waals surface area contributed by atoms with E-state index in [2.05, 4.69) is 17.1 Å². The van der Waals surface area contributed by atoms with E-state index < -0.39 is 0 Å². The van der Waals surface area contributed by atoms with E-state index in [0.29, 0.717) is 5.02 Å². The number of anilines is 1. The lowest BCUT2D eigenvalue weighted by molar-refractivity contribution is -0.139. The Morgan fingerprint density at radius 2 is 1.70 bits per heavy atom. The standard InChI is InChI=1S/C21H30ClN3O2/c1-3-24-11-13-25(14-12-24)21(27)17-9-7-16(8-10-17)20(26)23-19-6-4-5-18(22)15(19)2/h4-6,16-17H,3,7-14H2,1-2H3,(H,23,26). The number of nitrogens with zero attached hydrogens (tertiary/aromatic N) is 2. The van der Waals surface area contributed by atoms with Crippen LogP contribution in [0, 0.1) is 18.8 Å². The molecule has 1 heterocycles. The first-order chi connectivity index (χ1) is 13.0. The molecule has 0 radical (unpaired) electrons. The van der Waals surface area contributed by atoms with E-state index in [0.717, 1.165) is 69.7 Å². The van der Waals surface area contributed by atoms with Crippen LogP contribution in [0.1, 0.15) is 38.2 Å². The zero-order chi connectivity index (χ0) is 19.4. The quantitative estimate of drug-likeness (QED) is 0.853. The number of halogens is 1. The Labute approximate surface area is 167 Å². The second-order valence-corrected chi connectivity index (χ2v) is 8.12. The SMILES string of the molecule is CCN1CCN(C(=O)C2CCC(C(=O)Nc3cccc(Cl)c3C)CC2)CC1. The number of carbonyl (C=O) groups is 2. The van der Waals surface area contributed by atoms with E-state index in [9.17, 15) is 9.59 Å². The number of nitrogens with one attached hydrogen (secondary N) is 1. The number of likely N-dealkylation sites (N-methyl/N-ethyl adjacent to an activating group) is 1. The van der Waals surface area contributed by atoms with Gasteiger partial charge in [0, 0.05) is 48.7 Å². The average molecular weight is 392 g/mol. The van der Waals surface area contributed by atoms with Crippen LogP contribution in [-0.4, -0.2) is 54.3 Å². The summed E-state index contributed by atoms with van der Waals surface area (Å²) < 4.78 is 0. The number of hydrogen-bond donors (Lipinski definition) is 1. The fraction of sp³-hybridized carbons (Fsp3) is 0.619. The lowest BCUT2D eigenvalue weighted by Gasteiger charge is -2.37. The fourth-order valence-corrected chi connectivity index (χ4v) is 4.30. The number of hydrogen-bond acceptors (Lipinski definition) is 3. The van der Waals surface area contributed by atoms with Crippen LogP contribution in [0.25, 0.3) is 0 Å². The molecule has 2 amide bonds. The van der Waals surface area contributed by atoms with Gasteiger partial charge in [-0.15, -0.1) is 0 Å². The molecule has 0 aromatic heterocycles. The maximum atomic E-state index is 12.8. The summed E-state index contributed by atoms with van der Waals surface area (Å²) in [5.74, 6) is 0.387. The van der Waals surface area contributed by atoms with Crippen LogP contribution in [0.2, 0.25) is 5.02 Å². The predicted octanol–water partition coefficient (Wildman–Crippen LogP) is 3.56. The predicted molar refractivity (Wildman–Crippen MR) is 109 cm³/mol. The molecule has 1 aliphatic heterocycles. The smallest absolute Gasteiger partial charge is 0.227 e. The molecule has 6 heteroatoms. The molecule has 148 valence electrons. The van der Waals surface area contributed by atoms with Gasteiger partial charge in [0.1, 0.15) is 0 Å². The number of benzene rings is 1. The normalized spacial score (nSPS) is 23.9. The van der Waals surface area contributed by atoms with Crippen LogP contribution in [0.3, 0.4) is 0 Å². The molecule has 2 aliphatic rings. The van der Waals surface area contributed by atoms with Gasteiger partial charge in [0.05, 0.1) is 0 Å². The van der Waals surface area contributed by atoms with E-state index in [1.807, 2.05) is 30.0 Å². The molecule has 2 fully saturated rings. The van der Waals surface area contributed by atoms with E-state index in [4.69, 9.17) is 11.6 Å². The maximum absolute atomic E-state index is 12.8. The van der Waals surface area contributed by atoms with Crippen LogP contribution in [0.5, 0.6) is 0 Å². The van der Waals surface area contributed by atoms with Gasteiger partial charge in [0.25, 0.3) is 0 Å². The molecule has 1 aromatic rings. The van der Waals surface area contributed by atoms with Crippen molar-refractivity contribution < 1.29 is 9.59 Å². The van der Waals surface area contributed by atoms with Gasteiger partial charge in [-0.05, 0) is 56.8 Å². The summed E-state index contributed by atoms with van der Waals surface area (Å²) in [4.78, 5) is 29.8. The molecule has 1 aliphatic carbocycles. The summed E-state index contributed by atoms with van der Waals surface area (Å²) in [6, 6.07) is 5.55. The third kappa shape index (κ3) is 4.82. The molecule has 0 spiro atoms. The summed E-state index contributed by atoms with van der Waals surface area (Å²) in [7, 11) is 0. The van der Waals surface area contributed by atoms with Gasteiger partial charge in [-0.3, -0.25) is 9.59 Å². The van der Waals surface area contributed by atoms with Crippen LogP contribution in [0.15, 0.2) is 18.2 Å². The minimum absolute atomic E-state index is 0.0237. The Morgan fingerprint density at radius 3 is 2.33 bits per heavy atom. The first kappa shape index (κ1) is 20.2. The zero-order valence-corrected chi connectivity index (χ0v) is 17.1. The summed E-state index contributed by atoms with van der Waals surface area (Å²) in [5, 5.41) is 3.67. The fourth-order valence-electron chi connectivity index (χ4n) is 4.12. The molecule has 1 N–H and O–H groups in total. The molecule has 27 heavy (non-hydrogen) atoms. The van der Waals surface area contributed by atoms with E-state index in [-0.39, 0.29) is 23.7 Å². The van der Waals surface area contributed by atoms with Crippen LogP contribution in [-0.2, 0) is 9.59 Å². The lowest BCUT2D eigenvalue weighted by atomic mass is 9.80. The van der Waals surface area contributed by atoms with Crippen molar-refractivity contribution in [1.82, 2.24) is 9.80 Å². The molecule has 0 unspecified atom stereocenters. The van der Waals surface area contributed by atoms with Gasteiger partial charge in [-0.2, -0.15) is 0 Å². The van der Waals surface area contributed by atoms with E-state index in [1.165, 1.54) is 0 Å². The van der Waals surface area contributed by atoms with Gasteiger partial charge in [0.2, 0.25) is 11.8 Å². The second-order valence-electron chi connectivity index (χ2n) is 7.71. The van der Waals surface area contributed by atoms with Crippen molar-refractivity contribution in [2.24, 2.45) is 11.8 Å². The third-order valence-corrected chi connectivity index (χ3v) is 6.51. The summed E-state index contributed by atoms with van der Waals surface area (Å²) >= 11 is 6.13. The maximum Gasteiger partial charge on any atom is 0.227 e. The van der Waals surface area contributed by atoms with Crippen molar-refractivity contribution in [2.75, 3.05) is 38.0 Å². The Balaban J connectivity index is 1.49. The van der Waals surface area contributed by atoms with Gasteiger partial charge >= 0.3 is 0 Å². The Bertz CT molecular complexity index is 678. The first-order valence-electron chi connectivity index (χ1n) is 10.1. The van der Waals surface area contributed by atoms with Gasteiger partial charge in [-0.1, -0.05) is 24.6 Å². The van der Waals surface area contributed by atoms with Crippen molar-refractivity contribution in [3.05, 3.63) is 28.8 Å². The van der Waals surface area contributed by atoms with E-state index >= 15 is 0 Å². The van der Waals surface area contributed by atoms with Crippen LogP contribution < -0.4 is 5.32 Å². The minimum atomic E-state index is -0.0237. The Kier molecular flexibility index (Phi) is 6.77. The molecule has 0 atom stereocenters. The average Bonchev–Trinajstić information content (AvgIpc) is 2.71. The molecule has 0 bridgehead atoms. The molecule has 1 saturated carbocycles. The summed E-state index contributed by atoms with van der Waals surface area (Å²) in [5.41, 5.74) is 1.67. The van der Waals surface area contributed by atoms with Crippen molar-refractivity contribution in [3.63, 3.8) is 0 Å². The molecule has 1 aromatic carbocycles. The number of rotatable bonds is 4. The minimum Gasteiger partial charge on any atom is -0.340 e. The van der Waals surface area contributed by atoms with Gasteiger partial charge in [-0.25, -0.2) is 0 Å². The van der Waals surface area contributed by atoms with Crippen LogP contribution >= 0.6 is 11.6 Å². The Hall–Kier alpha value is -1.59. The third-order valence-electron chi connectivity index (χ3n) is 6.10. The monoisotopic (exact) mass is 391 g/mol. The Morgan fingerprint density at radius 1 is 1.07 bits per heavy atom. The first-order valence-corrected chi connectivity index (χ1v) is 10.4. The highest BCUT2D eigenvalue weighted by Gasteiger charge is 2.33. The van der Waals surface area contributed by atoms with Crippen molar-refractivity contribution in [1.29, 1.82) is 0 Å². The van der Waals surface area contributed by atoms with Crippen molar-refractivity contribution >= 4 is 29.1 Å². The highest BCUT2D eigenvalue weighted by atomic mass is 35.5.